The molecule has 9 aliphatic carbocycles. The molecule has 11 rings (SSSR count). The molecule has 0 bridgehead atoms. The van der Waals surface area contributed by atoms with E-state index in [0.29, 0.717) is 23.7 Å². The summed E-state index contributed by atoms with van der Waals surface area (Å²) in [5, 5.41) is 2.79. The number of allylic oxidation sites excluding steroid dienone is 21. The summed E-state index contributed by atoms with van der Waals surface area (Å²) in [4.78, 5) is 0. The summed E-state index contributed by atoms with van der Waals surface area (Å²) in [7, 11) is 0. The average molecular weight is 701 g/mol. The van der Waals surface area contributed by atoms with Crippen LogP contribution < -0.4 is 10.4 Å². The van der Waals surface area contributed by atoms with Gasteiger partial charge in [-0.05, 0) is 202 Å². The van der Waals surface area contributed by atoms with E-state index < -0.39 is 0 Å². The van der Waals surface area contributed by atoms with Gasteiger partial charge in [0, 0.05) is 5.92 Å². The van der Waals surface area contributed by atoms with Gasteiger partial charge in [0.2, 0.25) is 0 Å². The molecule has 0 nitrogen and oxygen atoms in total. The predicted molar refractivity (Wildman–Crippen MR) is 228 cm³/mol. The topological polar surface area (TPSA) is 0 Å². The first-order valence-electron chi connectivity index (χ1n) is 21.3. The third-order valence-corrected chi connectivity index (χ3v) is 14.5. The summed E-state index contributed by atoms with van der Waals surface area (Å²) in [6.07, 6.45) is 53.9. The maximum absolute atomic E-state index is 2.74. The van der Waals surface area contributed by atoms with Crippen molar-refractivity contribution < 1.29 is 0 Å². The summed E-state index contributed by atoms with van der Waals surface area (Å²) in [6.45, 7) is 0. The van der Waals surface area contributed by atoms with Crippen LogP contribution in [-0.2, 0) is 12.8 Å². The highest BCUT2D eigenvalue weighted by Gasteiger charge is 2.37. The fourth-order valence-electron chi connectivity index (χ4n) is 11.6. The number of hydrogen-bond acceptors (Lipinski definition) is 0. The first kappa shape index (κ1) is 32.7. The van der Waals surface area contributed by atoms with Crippen molar-refractivity contribution >= 4 is 23.8 Å². The van der Waals surface area contributed by atoms with Crippen LogP contribution in [0.4, 0.5) is 0 Å². The van der Waals surface area contributed by atoms with Gasteiger partial charge in [-0.2, -0.15) is 0 Å². The molecule has 0 radical (unpaired) electrons. The maximum atomic E-state index is 2.74. The van der Waals surface area contributed by atoms with E-state index >= 15 is 0 Å². The first-order chi connectivity index (χ1) is 26.7. The van der Waals surface area contributed by atoms with Crippen LogP contribution in [-0.4, -0.2) is 0 Å². The molecular weight excluding hydrogens is 649 g/mol. The van der Waals surface area contributed by atoms with Crippen molar-refractivity contribution in [1.82, 2.24) is 0 Å². The Labute approximate surface area is 322 Å². The van der Waals surface area contributed by atoms with E-state index in [-0.39, 0.29) is 0 Å². The van der Waals surface area contributed by atoms with E-state index in [1.54, 1.807) is 78.0 Å². The van der Waals surface area contributed by atoms with Gasteiger partial charge < -0.3 is 0 Å². The van der Waals surface area contributed by atoms with Crippen LogP contribution in [0.1, 0.15) is 111 Å². The Kier molecular flexibility index (Phi) is 8.22. The van der Waals surface area contributed by atoms with Crippen LogP contribution in [0.2, 0.25) is 0 Å². The summed E-state index contributed by atoms with van der Waals surface area (Å²) < 4.78 is 0. The predicted octanol–water partition coefficient (Wildman–Crippen LogP) is 12.1. The molecule has 0 amide bonds. The standard InChI is InChI=1S/C54H52/c1-2-10-35(11-3-1)40-20-21-42-29-43(23-22-41(42)28-40)44-26-27-49-52(32-44)51(46-25-19-37-13-5-7-15-39(37)31-46)34-53-48-17-9-8-16-47(48)50(33-54(49)53)45-24-18-36-12-4-6-14-38(36)30-45/h1-2,4,6-8,10,12,14-16,18-19,22-23,25,28,30,32-33,42,45-46,51H,3,5,9,11,13,17,20-21,24,26-27,29,31,34H2. The van der Waals surface area contributed by atoms with Gasteiger partial charge in [0.05, 0.1) is 0 Å². The SMILES string of the molecule is C1=CCCC(C2=CC3=CC=C(C4=CC5=C(CC4)c4cc(C6C=c7ccccc7=CC6)c6c(c4CC5C4C=CC5=C(C=CCC5)C4)CCC=C6)CC3CC2)=C1. The van der Waals surface area contributed by atoms with Crippen molar-refractivity contribution in [3.8, 4) is 0 Å². The minimum atomic E-state index is 0.423. The minimum Gasteiger partial charge on any atom is -0.0842 e. The molecule has 0 saturated heterocycles. The van der Waals surface area contributed by atoms with Crippen molar-refractivity contribution in [2.75, 3.05) is 0 Å². The van der Waals surface area contributed by atoms with Crippen molar-refractivity contribution in [1.29, 1.82) is 0 Å². The number of rotatable bonds is 4. The van der Waals surface area contributed by atoms with Gasteiger partial charge in [0.15, 0.2) is 0 Å². The Balaban J connectivity index is 1.01. The molecule has 0 fully saturated rings. The summed E-state index contributed by atoms with van der Waals surface area (Å²) in [6, 6.07) is 11.7. The monoisotopic (exact) mass is 700 g/mol. The van der Waals surface area contributed by atoms with E-state index in [1.165, 1.54) is 74.6 Å². The fraction of sp³-hybridized carbons (Fsp3) is 0.333. The van der Waals surface area contributed by atoms with Crippen molar-refractivity contribution in [3.05, 3.63) is 186 Å². The second-order valence-corrected chi connectivity index (χ2v) is 17.4. The summed E-state index contributed by atoms with van der Waals surface area (Å²) in [5.41, 5.74) is 22.5. The highest BCUT2D eigenvalue weighted by molar-refractivity contribution is 5.82. The van der Waals surface area contributed by atoms with Crippen LogP contribution in [0.5, 0.6) is 0 Å². The van der Waals surface area contributed by atoms with Crippen LogP contribution in [0.15, 0.2) is 148 Å². The molecule has 0 saturated carbocycles. The van der Waals surface area contributed by atoms with E-state index in [1.807, 2.05) is 0 Å². The number of benzene rings is 2. The Morgan fingerprint density at radius 2 is 1.52 bits per heavy atom. The molecule has 9 aliphatic rings. The molecule has 268 valence electrons. The molecule has 4 unspecified atom stereocenters. The van der Waals surface area contributed by atoms with E-state index in [4.69, 9.17) is 0 Å². The van der Waals surface area contributed by atoms with E-state index in [2.05, 4.69) is 121 Å². The normalized spacial score (nSPS) is 27.7. The molecule has 4 atom stereocenters. The molecule has 0 aromatic heterocycles. The fourth-order valence-corrected chi connectivity index (χ4v) is 11.6. The molecule has 0 aliphatic heterocycles. The second-order valence-electron chi connectivity index (χ2n) is 17.4. The lowest BCUT2D eigenvalue weighted by Gasteiger charge is -2.40. The van der Waals surface area contributed by atoms with Crippen molar-refractivity contribution in [3.63, 3.8) is 0 Å². The Bertz CT molecular complexity index is 2440. The Morgan fingerprint density at radius 1 is 0.630 bits per heavy atom. The van der Waals surface area contributed by atoms with Gasteiger partial charge in [-0.25, -0.2) is 0 Å². The lowest BCUT2D eigenvalue weighted by molar-refractivity contribution is 0.441. The quantitative estimate of drug-likeness (QED) is 0.298. The van der Waals surface area contributed by atoms with Crippen LogP contribution >= 0.6 is 0 Å². The van der Waals surface area contributed by atoms with Crippen molar-refractivity contribution in [2.45, 2.75) is 95.8 Å². The largest absolute Gasteiger partial charge is 0.0842 e. The Morgan fingerprint density at radius 3 is 2.46 bits per heavy atom. The molecular formula is C54H52. The number of hydrogen-bond donors (Lipinski definition) is 0. The van der Waals surface area contributed by atoms with E-state index in [0.717, 1.165) is 25.7 Å². The van der Waals surface area contributed by atoms with Crippen LogP contribution in [0.25, 0.3) is 23.8 Å². The summed E-state index contributed by atoms with van der Waals surface area (Å²) >= 11 is 0. The third-order valence-electron chi connectivity index (χ3n) is 14.5. The highest BCUT2D eigenvalue weighted by atomic mass is 14.4. The molecule has 54 heavy (non-hydrogen) atoms. The zero-order chi connectivity index (χ0) is 35.6. The number of fused-ring (bicyclic) bond motifs is 6. The molecule has 0 N–H and O–H groups in total. The van der Waals surface area contributed by atoms with Gasteiger partial charge in [-0.1, -0.05) is 115 Å². The minimum absolute atomic E-state index is 0.423. The second kappa shape index (κ2) is 13.6. The molecule has 2 aromatic carbocycles. The average Bonchev–Trinajstić information content (AvgIpc) is 3.25. The molecule has 2 aromatic rings. The zero-order valence-corrected chi connectivity index (χ0v) is 31.8. The van der Waals surface area contributed by atoms with Gasteiger partial charge in [0.25, 0.3) is 0 Å². The van der Waals surface area contributed by atoms with Gasteiger partial charge in [-0.3, -0.25) is 0 Å². The maximum Gasteiger partial charge on any atom is 0.00682 e. The molecule has 0 heteroatoms. The van der Waals surface area contributed by atoms with Gasteiger partial charge in [-0.15, -0.1) is 0 Å². The lowest BCUT2D eigenvalue weighted by atomic mass is 9.64. The van der Waals surface area contributed by atoms with Crippen molar-refractivity contribution in [2.24, 2.45) is 17.8 Å². The van der Waals surface area contributed by atoms with Crippen LogP contribution in [0, 0.1) is 17.8 Å². The molecule has 0 spiro atoms. The van der Waals surface area contributed by atoms with E-state index in [9.17, 15) is 0 Å². The van der Waals surface area contributed by atoms with Crippen LogP contribution in [0.3, 0.4) is 0 Å². The highest BCUT2D eigenvalue weighted by Crippen LogP contribution is 2.52. The van der Waals surface area contributed by atoms with Gasteiger partial charge >= 0.3 is 0 Å². The molecule has 0 heterocycles. The van der Waals surface area contributed by atoms with Gasteiger partial charge in [0.1, 0.15) is 0 Å². The first-order valence-corrected chi connectivity index (χ1v) is 21.3. The Hall–Kier alpha value is -4.68. The lowest BCUT2D eigenvalue weighted by Crippen LogP contribution is -2.29. The zero-order valence-electron chi connectivity index (χ0n) is 31.8. The smallest absolute Gasteiger partial charge is 0.00682 e. The third kappa shape index (κ3) is 5.71. The summed E-state index contributed by atoms with van der Waals surface area (Å²) in [5.74, 6) is 2.16.